The molecule has 0 spiro atoms. The van der Waals surface area contributed by atoms with Crippen molar-refractivity contribution in [1.29, 1.82) is 0 Å². The maximum Gasteiger partial charge on any atom is 0.342 e. The van der Waals surface area contributed by atoms with Crippen molar-refractivity contribution in [2.75, 3.05) is 6.61 Å². The zero-order valence-electron chi connectivity index (χ0n) is 8.04. The Morgan fingerprint density at radius 3 is 2.79 bits per heavy atom. The van der Waals surface area contributed by atoms with E-state index in [1.54, 1.807) is 25.1 Å². The largest absolute Gasteiger partial charge is 0.462 e. The lowest BCUT2D eigenvalue weighted by atomic mass is 10.1. The lowest BCUT2D eigenvalue weighted by molar-refractivity contribution is 0.0524. The topological polar surface area (TPSA) is 35.5 Å². The summed E-state index contributed by atoms with van der Waals surface area (Å²) in [6, 6.07) is 5.12. The smallest absolute Gasteiger partial charge is 0.342 e. The molecule has 0 aromatic heterocycles. The van der Waals surface area contributed by atoms with E-state index in [0.29, 0.717) is 17.9 Å². The first-order chi connectivity index (χ1) is 6.69. The van der Waals surface area contributed by atoms with Crippen LogP contribution in [0.25, 0.3) is 0 Å². The number of halogens is 1. The van der Waals surface area contributed by atoms with E-state index >= 15 is 0 Å². The molecule has 0 radical (unpaired) electrons. The van der Waals surface area contributed by atoms with Crippen molar-refractivity contribution in [3.8, 4) is 5.75 Å². The standard InChI is InChI=1S/C10H11ClO3/c1-3-13-10(12)8-6-7(2)4-5-9(8)14-11/h4-6H,3H2,1-2H3. The molecule has 0 bridgehead atoms. The number of benzene rings is 1. The van der Waals surface area contributed by atoms with Gasteiger partial charge >= 0.3 is 5.97 Å². The number of rotatable bonds is 3. The number of aryl methyl sites for hydroxylation is 1. The molecule has 0 amide bonds. The fourth-order valence-electron chi connectivity index (χ4n) is 1.08. The Kier molecular flexibility index (Phi) is 3.77. The lowest BCUT2D eigenvalue weighted by Gasteiger charge is -2.06. The first kappa shape index (κ1) is 10.9. The highest BCUT2D eigenvalue weighted by Crippen LogP contribution is 2.21. The Labute approximate surface area is 87.8 Å². The van der Waals surface area contributed by atoms with E-state index in [1.165, 1.54) is 0 Å². The van der Waals surface area contributed by atoms with Gasteiger partial charge in [0, 0.05) is 0 Å². The van der Waals surface area contributed by atoms with E-state index in [9.17, 15) is 4.79 Å². The Hall–Kier alpha value is -1.22. The first-order valence-corrected chi connectivity index (χ1v) is 4.56. The molecule has 76 valence electrons. The minimum atomic E-state index is -0.424. The number of hydrogen-bond donors (Lipinski definition) is 0. The van der Waals surface area contributed by atoms with Gasteiger partial charge in [-0.2, -0.15) is 0 Å². The fourth-order valence-corrected chi connectivity index (χ4v) is 1.21. The molecule has 0 aliphatic carbocycles. The second-order valence-electron chi connectivity index (χ2n) is 2.80. The van der Waals surface area contributed by atoms with E-state index in [-0.39, 0.29) is 0 Å². The van der Waals surface area contributed by atoms with Gasteiger partial charge in [-0.15, -0.1) is 0 Å². The van der Waals surface area contributed by atoms with Gasteiger partial charge in [-0.1, -0.05) is 6.07 Å². The molecule has 0 N–H and O–H groups in total. The number of carbonyl (C=O) groups is 1. The average molecular weight is 215 g/mol. The minimum Gasteiger partial charge on any atom is -0.462 e. The second-order valence-corrected chi connectivity index (χ2v) is 2.95. The molecule has 0 aliphatic rings. The van der Waals surface area contributed by atoms with Gasteiger partial charge in [0.15, 0.2) is 5.75 Å². The molecule has 4 heteroatoms. The number of hydrogen-bond acceptors (Lipinski definition) is 3. The third-order valence-electron chi connectivity index (χ3n) is 1.71. The van der Waals surface area contributed by atoms with Crippen molar-refractivity contribution in [2.45, 2.75) is 13.8 Å². The van der Waals surface area contributed by atoms with Crippen LogP contribution in [-0.4, -0.2) is 12.6 Å². The first-order valence-electron chi connectivity index (χ1n) is 4.25. The van der Waals surface area contributed by atoms with Crippen LogP contribution in [0.4, 0.5) is 0 Å². The van der Waals surface area contributed by atoms with Gasteiger partial charge in [-0.3, -0.25) is 0 Å². The normalized spacial score (nSPS) is 9.64. The fraction of sp³-hybridized carbons (Fsp3) is 0.300. The summed E-state index contributed by atoms with van der Waals surface area (Å²) in [5.41, 5.74) is 1.30. The third kappa shape index (κ3) is 2.39. The van der Waals surface area contributed by atoms with Crippen LogP contribution in [0.2, 0.25) is 0 Å². The van der Waals surface area contributed by atoms with Crippen LogP contribution in [0, 0.1) is 6.92 Å². The predicted molar refractivity (Wildman–Crippen MR) is 53.6 cm³/mol. The summed E-state index contributed by atoms with van der Waals surface area (Å²) >= 11 is 5.22. The lowest BCUT2D eigenvalue weighted by Crippen LogP contribution is -2.06. The van der Waals surface area contributed by atoms with Crippen molar-refractivity contribution < 1.29 is 13.8 Å². The Bertz CT molecular complexity index is 336. The highest BCUT2D eigenvalue weighted by molar-refractivity contribution is 6.10. The summed E-state index contributed by atoms with van der Waals surface area (Å²) in [6.45, 7) is 3.95. The summed E-state index contributed by atoms with van der Waals surface area (Å²) in [6.07, 6.45) is 0. The molecule has 0 unspecified atom stereocenters. The van der Waals surface area contributed by atoms with E-state index < -0.39 is 5.97 Å². The maximum absolute atomic E-state index is 11.4. The van der Waals surface area contributed by atoms with Crippen molar-refractivity contribution in [1.82, 2.24) is 0 Å². The maximum atomic E-state index is 11.4. The van der Waals surface area contributed by atoms with Gasteiger partial charge in [-0.25, -0.2) is 4.79 Å². The molecule has 1 rings (SSSR count). The van der Waals surface area contributed by atoms with Crippen LogP contribution >= 0.6 is 11.9 Å². The van der Waals surface area contributed by atoms with E-state index in [4.69, 9.17) is 16.6 Å². The van der Waals surface area contributed by atoms with Crippen molar-refractivity contribution in [2.24, 2.45) is 0 Å². The van der Waals surface area contributed by atoms with Gasteiger partial charge in [0.25, 0.3) is 0 Å². The van der Waals surface area contributed by atoms with Crippen LogP contribution < -0.4 is 4.29 Å². The van der Waals surface area contributed by atoms with Crippen molar-refractivity contribution in [3.05, 3.63) is 29.3 Å². The third-order valence-corrected chi connectivity index (χ3v) is 1.88. The summed E-state index contributed by atoms with van der Waals surface area (Å²) in [7, 11) is 0. The van der Waals surface area contributed by atoms with Crippen LogP contribution in [0.15, 0.2) is 18.2 Å². The zero-order valence-corrected chi connectivity index (χ0v) is 8.80. The molecule has 14 heavy (non-hydrogen) atoms. The van der Waals surface area contributed by atoms with Crippen molar-refractivity contribution >= 4 is 17.8 Å². The molecule has 0 saturated carbocycles. The average Bonchev–Trinajstić information content (AvgIpc) is 2.18. The van der Waals surface area contributed by atoms with Crippen LogP contribution in [-0.2, 0) is 4.74 Å². The number of carbonyl (C=O) groups excluding carboxylic acids is 1. The molecular weight excluding hydrogens is 204 g/mol. The highest BCUT2D eigenvalue weighted by Gasteiger charge is 2.13. The molecule has 0 aliphatic heterocycles. The van der Waals surface area contributed by atoms with Gasteiger partial charge in [0.05, 0.1) is 6.61 Å². The predicted octanol–water partition coefficient (Wildman–Crippen LogP) is 2.70. The molecule has 0 heterocycles. The zero-order chi connectivity index (χ0) is 10.6. The number of esters is 1. The Balaban J connectivity index is 3.03. The monoisotopic (exact) mass is 214 g/mol. The SMILES string of the molecule is CCOC(=O)c1cc(C)ccc1OCl. The van der Waals surface area contributed by atoms with Gasteiger partial charge in [-0.05, 0) is 31.5 Å². The Morgan fingerprint density at radius 2 is 2.21 bits per heavy atom. The second kappa shape index (κ2) is 4.86. The molecule has 0 atom stereocenters. The van der Waals surface area contributed by atoms with Gasteiger partial charge in [0.2, 0.25) is 0 Å². The van der Waals surface area contributed by atoms with Crippen LogP contribution in [0.1, 0.15) is 22.8 Å². The van der Waals surface area contributed by atoms with E-state index in [2.05, 4.69) is 4.29 Å². The van der Waals surface area contributed by atoms with E-state index in [0.717, 1.165) is 5.56 Å². The molecular formula is C10H11ClO3. The molecule has 1 aromatic rings. The van der Waals surface area contributed by atoms with Crippen LogP contribution in [0.5, 0.6) is 5.75 Å². The number of ether oxygens (including phenoxy) is 1. The summed E-state index contributed by atoms with van der Waals surface area (Å²) in [5.74, 6) is -0.109. The Morgan fingerprint density at radius 1 is 1.50 bits per heavy atom. The molecule has 1 aromatic carbocycles. The summed E-state index contributed by atoms with van der Waals surface area (Å²) in [4.78, 5) is 11.4. The van der Waals surface area contributed by atoms with Gasteiger partial charge in [0.1, 0.15) is 17.4 Å². The quantitative estimate of drug-likeness (QED) is 0.726. The highest BCUT2D eigenvalue weighted by atomic mass is 35.5. The van der Waals surface area contributed by atoms with Crippen LogP contribution in [0.3, 0.4) is 0 Å². The van der Waals surface area contributed by atoms with Gasteiger partial charge < -0.3 is 9.03 Å². The van der Waals surface area contributed by atoms with E-state index in [1.807, 2.05) is 6.92 Å². The molecule has 3 nitrogen and oxygen atoms in total. The van der Waals surface area contributed by atoms with Crippen molar-refractivity contribution in [3.63, 3.8) is 0 Å². The molecule has 0 fully saturated rings. The minimum absolute atomic E-state index is 0.315. The molecule has 0 saturated heterocycles. The summed E-state index contributed by atoms with van der Waals surface area (Å²) < 4.78 is 9.39. The summed E-state index contributed by atoms with van der Waals surface area (Å²) in [5, 5.41) is 0.